The summed E-state index contributed by atoms with van der Waals surface area (Å²) in [4.78, 5) is 16.0. The highest BCUT2D eigenvalue weighted by molar-refractivity contribution is 5.92. The van der Waals surface area contributed by atoms with Gasteiger partial charge >= 0.3 is 0 Å². The van der Waals surface area contributed by atoms with Crippen LogP contribution in [-0.4, -0.2) is 10.9 Å². The summed E-state index contributed by atoms with van der Waals surface area (Å²) in [5, 5.41) is 1.05. The molecule has 0 saturated carbocycles. The fourth-order valence-electron chi connectivity index (χ4n) is 1.85. The average molecular weight is 279 g/mol. The number of pyridine rings is 1. The first kappa shape index (κ1) is 12.9. The molecule has 2 N–H and O–H groups in total. The van der Waals surface area contributed by atoms with Crippen molar-refractivity contribution >= 4 is 28.7 Å². The molecular weight excluding hydrogens is 266 g/mol. The van der Waals surface area contributed by atoms with Crippen molar-refractivity contribution in [3.05, 3.63) is 66.6 Å². The molecule has 0 spiro atoms. The van der Waals surface area contributed by atoms with E-state index in [4.69, 9.17) is 4.42 Å². The van der Waals surface area contributed by atoms with Gasteiger partial charge in [0.2, 0.25) is 0 Å². The van der Waals surface area contributed by atoms with Gasteiger partial charge < -0.3 is 4.42 Å². The Morgan fingerprint density at radius 2 is 2.00 bits per heavy atom. The Bertz CT molecular complexity index is 779. The number of hydrogen-bond acceptors (Lipinski definition) is 4. The van der Waals surface area contributed by atoms with Crippen molar-refractivity contribution in [1.82, 2.24) is 10.4 Å². The molecule has 3 rings (SSSR count). The number of anilines is 1. The third kappa shape index (κ3) is 3.27. The normalized spacial score (nSPS) is 10.9. The molecule has 0 fully saturated rings. The predicted octanol–water partition coefficient (Wildman–Crippen LogP) is 2.98. The van der Waals surface area contributed by atoms with Gasteiger partial charge in [-0.1, -0.05) is 18.2 Å². The van der Waals surface area contributed by atoms with Gasteiger partial charge in [-0.15, -0.1) is 0 Å². The number of aromatic nitrogens is 1. The van der Waals surface area contributed by atoms with Crippen LogP contribution in [0.5, 0.6) is 0 Å². The summed E-state index contributed by atoms with van der Waals surface area (Å²) in [6, 6.07) is 15.0. The molecule has 0 aliphatic rings. The van der Waals surface area contributed by atoms with Crippen molar-refractivity contribution in [3.63, 3.8) is 0 Å². The van der Waals surface area contributed by atoms with Crippen molar-refractivity contribution in [2.75, 3.05) is 5.43 Å². The minimum Gasteiger partial charge on any atom is -0.465 e. The molecule has 0 saturated heterocycles. The third-order valence-corrected chi connectivity index (χ3v) is 2.85. The second-order valence-electron chi connectivity index (χ2n) is 4.35. The first-order valence-corrected chi connectivity index (χ1v) is 6.45. The molecular formula is C16H13N3O2. The summed E-state index contributed by atoms with van der Waals surface area (Å²) in [6.45, 7) is 0. The van der Waals surface area contributed by atoms with Gasteiger partial charge in [0.25, 0.3) is 5.91 Å². The van der Waals surface area contributed by atoms with E-state index in [0.29, 0.717) is 11.6 Å². The molecule has 0 unspecified atom stereocenters. The molecule has 0 aliphatic carbocycles. The quantitative estimate of drug-likeness (QED) is 0.569. The lowest BCUT2D eigenvalue weighted by Gasteiger charge is -2.06. The topological polar surface area (TPSA) is 67.2 Å². The van der Waals surface area contributed by atoms with Gasteiger partial charge in [-0.25, -0.2) is 4.98 Å². The SMILES string of the molecule is O=C(/C=C/c1ccco1)NNc1ccc2ccccc2n1. The zero-order chi connectivity index (χ0) is 14.5. The zero-order valence-electron chi connectivity index (χ0n) is 11.1. The van der Waals surface area contributed by atoms with E-state index in [2.05, 4.69) is 15.8 Å². The Balaban J connectivity index is 1.62. The Morgan fingerprint density at radius 1 is 1.10 bits per heavy atom. The summed E-state index contributed by atoms with van der Waals surface area (Å²) in [7, 11) is 0. The van der Waals surface area contributed by atoms with Crippen LogP contribution in [0.2, 0.25) is 0 Å². The van der Waals surface area contributed by atoms with Crippen LogP contribution in [0.4, 0.5) is 5.82 Å². The van der Waals surface area contributed by atoms with Crippen molar-refractivity contribution < 1.29 is 9.21 Å². The van der Waals surface area contributed by atoms with Crippen LogP contribution in [0.25, 0.3) is 17.0 Å². The Morgan fingerprint density at radius 3 is 2.86 bits per heavy atom. The predicted molar refractivity (Wildman–Crippen MR) is 81.3 cm³/mol. The smallest absolute Gasteiger partial charge is 0.262 e. The van der Waals surface area contributed by atoms with E-state index in [-0.39, 0.29) is 5.91 Å². The molecule has 104 valence electrons. The largest absolute Gasteiger partial charge is 0.465 e. The van der Waals surface area contributed by atoms with Crippen LogP contribution in [0.3, 0.4) is 0 Å². The van der Waals surface area contributed by atoms with E-state index in [1.807, 2.05) is 30.3 Å². The lowest BCUT2D eigenvalue weighted by atomic mass is 10.2. The number of amides is 1. The van der Waals surface area contributed by atoms with Gasteiger partial charge in [-0.3, -0.25) is 15.6 Å². The van der Waals surface area contributed by atoms with Gasteiger partial charge in [0.05, 0.1) is 11.8 Å². The van der Waals surface area contributed by atoms with Crippen LogP contribution in [0, 0.1) is 0 Å². The van der Waals surface area contributed by atoms with Crippen molar-refractivity contribution in [3.8, 4) is 0 Å². The molecule has 5 heteroatoms. The molecule has 1 amide bonds. The Labute approximate surface area is 121 Å². The van der Waals surface area contributed by atoms with E-state index in [0.717, 1.165) is 10.9 Å². The number of furan rings is 1. The Hall–Kier alpha value is -3.08. The summed E-state index contributed by atoms with van der Waals surface area (Å²) in [5.74, 6) is 0.906. The number of carbonyl (C=O) groups is 1. The van der Waals surface area contributed by atoms with Gasteiger partial charge in [0.15, 0.2) is 0 Å². The molecule has 2 heterocycles. The highest BCUT2D eigenvalue weighted by Gasteiger charge is 1.99. The number of para-hydroxylation sites is 1. The molecule has 0 bridgehead atoms. The van der Waals surface area contributed by atoms with E-state index in [9.17, 15) is 4.79 Å². The number of hydrogen-bond donors (Lipinski definition) is 2. The van der Waals surface area contributed by atoms with E-state index >= 15 is 0 Å². The monoisotopic (exact) mass is 279 g/mol. The number of rotatable bonds is 4. The maximum absolute atomic E-state index is 11.6. The van der Waals surface area contributed by atoms with Gasteiger partial charge in [-0.2, -0.15) is 0 Å². The van der Waals surface area contributed by atoms with E-state index in [1.165, 1.54) is 6.08 Å². The molecule has 2 aromatic heterocycles. The molecule has 3 aromatic rings. The number of benzene rings is 1. The third-order valence-electron chi connectivity index (χ3n) is 2.85. The fraction of sp³-hybridized carbons (Fsp3) is 0. The maximum atomic E-state index is 11.6. The lowest BCUT2D eigenvalue weighted by molar-refractivity contribution is -0.116. The van der Waals surface area contributed by atoms with Crippen molar-refractivity contribution in [1.29, 1.82) is 0 Å². The molecule has 0 aliphatic heterocycles. The number of carbonyl (C=O) groups excluding carboxylic acids is 1. The number of hydrazine groups is 1. The zero-order valence-corrected chi connectivity index (χ0v) is 11.1. The molecule has 5 nitrogen and oxygen atoms in total. The van der Waals surface area contributed by atoms with Crippen LogP contribution in [0.15, 0.2) is 65.3 Å². The number of nitrogens with zero attached hydrogens (tertiary/aromatic N) is 1. The van der Waals surface area contributed by atoms with Crippen molar-refractivity contribution in [2.45, 2.75) is 0 Å². The average Bonchev–Trinajstić information content (AvgIpc) is 3.04. The summed E-state index contributed by atoms with van der Waals surface area (Å²) in [6.07, 6.45) is 4.52. The van der Waals surface area contributed by atoms with Gasteiger partial charge in [0, 0.05) is 11.5 Å². The van der Waals surface area contributed by atoms with E-state index < -0.39 is 0 Å². The minimum absolute atomic E-state index is 0.290. The summed E-state index contributed by atoms with van der Waals surface area (Å²) < 4.78 is 5.10. The highest BCUT2D eigenvalue weighted by atomic mass is 16.3. The number of fused-ring (bicyclic) bond motifs is 1. The fourth-order valence-corrected chi connectivity index (χ4v) is 1.85. The van der Waals surface area contributed by atoms with Gasteiger partial charge in [0.1, 0.15) is 11.6 Å². The van der Waals surface area contributed by atoms with E-state index in [1.54, 1.807) is 30.5 Å². The van der Waals surface area contributed by atoms with Crippen molar-refractivity contribution in [2.24, 2.45) is 0 Å². The summed E-state index contributed by atoms with van der Waals surface area (Å²) >= 11 is 0. The van der Waals surface area contributed by atoms with Crippen LogP contribution < -0.4 is 10.9 Å². The Kier molecular flexibility index (Phi) is 3.64. The first-order valence-electron chi connectivity index (χ1n) is 6.45. The molecule has 1 aromatic carbocycles. The van der Waals surface area contributed by atoms with Crippen LogP contribution in [-0.2, 0) is 4.79 Å². The minimum atomic E-state index is -0.290. The second kappa shape index (κ2) is 5.92. The van der Waals surface area contributed by atoms with Crippen LogP contribution in [0.1, 0.15) is 5.76 Å². The van der Waals surface area contributed by atoms with Crippen LogP contribution >= 0.6 is 0 Å². The lowest BCUT2D eigenvalue weighted by Crippen LogP contribution is -2.27. The number of nitrogens with one attached hydrogen (secondary N) is 2. The molecule has 0 atom stereocenters. The first-order chi connectivity index (χ1) is 10.3. The second-order valence-corrected chi connectivity index (χ2v) is 4.35. The molecule has 0 radical (unpaired) electrons. The van der Waals surface area contributed by atoms with Gasteiger partial charge in [-0.05, 0) is 36.4 Å². The molecule has 21 heavy (non-hydrogen) atoms. The standard InChI is InChI=1S/C16H13N3O2/c20-16(10-8-13-5-3-11-21-13)19-18-15-9-7-12-4-1-2-6-14(12)17-15/h1-11H,(H,17,18)(H,19,20)/b10-8+. The summed E-state index contributed by atoms with van der Waals surface area (Å²) in [5.41, 5.74) is 6.18. The maximum Gasteiger partial charge on any atom is 0.262 e. The highest BCUT2D eigenvalue weighted by Crippen LogP contribution is 2.13.